The van der Waals surface area contributed by atoms with E-state index in [1.165, 1.54) is 0 Å². The van der Waals surface area contributed by atoms with E-state index < -0.39 is 18.2 Å². The summed E-state index contributed by atoms with van der Waals surface area (Å²) in [5, 5.41) is 0. The van der Waals surface area contributed by atoms with E-state index >= 15 is 0 Å². The van der Waals surface area contributed by atoms with Crippen LogP contribution in [0.15, 0.2) is 30.3 Å². The summed E-state index contributed by atoms with van der Waals surface area (Å²) in [4.78, 5) is 21.1. The molecule has 0 bridgehead atoms. The number of esters is 1. The average molecular weight is 245 g/mol. The summed E-state index contributed by atoms with van der Waals surface area (Å²) in [6.07, 6.45) is 0. The van der Waals surface area contributed by atoms with Crippen LogP contribution in [0.25, 0.3) is 0 Å². The second-order valence-corrected chi connectivity index (χ2v) is 2.93. The molecule has 86 valence electrons. The van der Waals surface area contributed by atoms with Crippen molar-refractivity contribution in [3.8, 4) is 5.75 Å². The molecule has 0 aliphatic rings. The van der Waals surface area contributed by atoms with E-state index in [2.05, 4.69) is 9.47 Å². The summed E-state index contributed by atoms with van der Waals surface area (Å²) in [5.41, 5.74) is -1.03. The van der Waals surface area contributed by atoms with Gasteiger partial charge in [-0.25, -0.2) is 9.59 Å². The Morgan fingerprint density at radius 1 is 1.12 bits per heavy atom. The normalized spacial score (nSPS) is 9.31. The standard InChI is InChI=1S/C10H9ClO5/c11-10(13)16-7-15-9(12)6-14-8-4-2-1-3-5-8/h1-5H,6-7H2. The Morgan fingerprint density at radius 3 is 2.44 bits per heavy atom. The van der Waals surface area contributed by atoms with Crippen molar-refractivity contribution in [3.63, 3.8) is 0 Å². The minimum atomic E-state index is -1.03. The molecule has 0 aromatic heterocycles. The summed E-state index contributed by atoms with van der Waals surface area (Å²) in [6, 6.07) is 8.77. The van der Waals surface area contributed by atoms with E-state index in [4.69, 9.17) is 16.3 Å². The minimum Gasteiger partial charge on any atom is -0.482 e. The molecule has 0 fully saturated rings. The Hall–Kier alpha value is -1.75. The van der Waals surface area contributed by atoms with Crippen LogP contribution >= 0.6 is 11.6 Å². The highest BCUT2D eigenvalue weighted by molar-refractivity contribution is 6.61. The third kappa shape index (κ3) is 5.21. The molecule has 0 spiro atoms. The van der Waals surface area contributed by atoms with E-state index in [0.29, 0.717) is 5.75 Å². The Bertz CT molecular complexity index is 351. The number of carbonyl (C=O) groups is 2. The van der Waals surface area contributed by atoms with Crippen molar-refractivity contribution in [1.29, 1.82) is 0 Å². The van der Waals surface area contributed by atoms with E-state index in [1.807, 2.05) is 6.07 Å². The third-order valence-electron chi connectivity index (χ3n) is 1.49. The fourth-order valence-corrected chi connectivity index (χ4v) is 0.887. The molecule has 0 saturated carbocycles. The highest BCUT2D eigenvalue weighted by atomic mass is 35.5. The van der Waals surface area contributed by atoms with Gasteiger partial charge in [0.2, 0.25) is 6.79 Å². The van der Waals surface area contributed by atoms with Gasteiger partial charge in [0.1, 0.15) is 5.75 Å². The predicted molar refractivity (Wildman–Crippen MR) is 55.2 cm³/mol. The van der Waals surface area contributed by atoms with E-state index in [1.54, 1.807) is 24.3 Å². The van der Waals surface area contributed by atoms with Crippen LogP contribution in [0.3, 0.4) is 0 Å². The van der Waals surface area contributed by atoms with E-state index in [-0.39, 0.29) is 6.61 Å². The van der Waals surface area contributed by atoms with Crippen molar-refractivity contribution < 1.29 is 23.8 Å². The van der Waals surface area contributed by atoms with Gasteiger partial charge in [0.15, 0.2) is 6.61 Å². The van der Waals surface area contributed by atoms with Crippen molar-refractivity contribution in [2.45, 2.75) is 0 Å². The van der Waals surface area contributed by atoms with Crippen LogP contribution in [0.2, 0.25) is 0 Å². The molecular formula is C10H9ClO5. The molecule has 1 aromatic carbocycles. The molecule has 16 heavy (non-hydrogen) atoms. The maximum Gasteiger partial charge on any atom is 0.406 e. The molecule has 6 heteroatoms. The van der Waals surface area contributed by atoms with Crippen LogP contribution in [0.5, 0.6) is 5.75 Å². The molecule has 1 aromatic rings. The number of carbonyl (C=O) groups excluding carboxylic acids is 2. The Balaban J connectivity index is 2.18. The molecule has 0 aliphatic heterocycles. The largest absolute Gasteiger partial charge is 0.482 e. The van der Waals surface area contributed by atoms with E-state index in [9.17, 15) is 9.59 Å². The lowest BCUT2D eigenvalue weighted by atomic mass is 10.3. The highest BCUT2D eigenvalue weighted by Gasteiger charge is 2.05. The van der Waals surface area contributed by atoms with Crippen molar-refractivity contribution >= 4 is 23.0 Å². The fraction of sp³-hybridized carbons (Fsp3) is 0.200. The van der Waals surface area contributed by atoms with Crippen LogP contribution < -0.4 is 4.74 Å². The summed E-state index contributed by atoms with van der Waals surface area (Å²) in [5.74, 6) is -0.101. The van der Waals surface area contributed by atoms with Gasteiger partial charge >= 0.3 is 11.4 Å². The summed E-state index contributed by atoms with van der Waals surface area (Å²) >= 11 is 4.85. The van der Waals surface area contributed by atoms with Crippen LogP contribution in [-0.4, -0.2) is 24.8 Å². The van der Waals surface area contributed by atoms with Crippen LogP contribution in [-0.2, 0) is 14.3 Å². The maximum atomic E-state index is 11.0. The molecule has 0 N–H and O–H groups in total. The third-order valence-corrected chi connectivity index (χ3v) is 1.60. The number of hydrogen-bond acceptors (Lipinski definition) is 5. The number of halogens is 1. The topological polar surface area (TPSA) is 61.8 Å². The smallest absolute Gasteiger partial charge is 0.406 e. The molecule has 0 saturated heterocycles. The first kappa shape index (κ1) is 12.3. The zero-order valence-corrected chi connectivity index (χ0v) is 8.98. The molecule has 0 unspecified atom stereocenters. The lowest BCUT2D eigenvalue weighted by molar-refractivity contribution is -0.153. The molecule has 0 heterocycles. The van der Waals surface area contributed by atoms with Crippen LogP contribution in [0.4, 0.5) is 4.79 Å². The van der Waals surface area contributed by atoms with Gasteiger partial charge in [-0.2, -0.15) is 0 Å². The lowest BCUT2D eigenvalue weighted by Crippen LogP contribution is -2.16. The van der Waals surface area contributed by atoms with Gasteiger partial charge in [0.05, 0.1) is 0 Å². The second kappa shape index (κ2) is 6.68. The van der Waals surface area contributed by atoms with Crippen molar-refractivity contribution in [2.24, 2.45) is 0 Å². The number of para-hydroxylation sites is 1. The first-order valence-corrected chi connectivity index (χ1v) is 4.72. The van der Waals surface area contributed by atoms with Gasteiger partial charge in [-0.1, -0.05) is 18.2 Å². The average Bonchev–Trinajstić information content (AvgIpc) is 2.27. The lowest BCUT2D eigenvalue weighted by Gasteiger charge is -2.05. The van der Waals surface area contributed by atoms with Crippen LogP contribution in [0.1, 0.15) is 0 Å². The summed E-state index contributed by atoms with van der Waals surface area (Å²) in [6.45, 7) is -0.775. The Morgan fingerprint density at radius 2 is 1.81 bits per heavy atom. The Kier molecular flexibility index (Phi) is 5.15. The fourth-order valence-electron chi connectivity index (χ4n) is 0.842. The van der Waals surface area contributed by atoms with Crippen molar-refractivity contribution in [2.75, 3.05) is 13.4 Å². The SMILES string of the molecule is O=C(Cl)OCOC(=O)COc1ccccc1. The van der Waals surface area contributed by atoms with Gasteiger partial charge in [-0.05, 0) is 12.1 Å². The molecule has 0 radical (unpaired) electrons. The van der Waals surface area contributed by atoms with Crippen molar-refractivity contribution in [3.05, 3.63) is 30.3 Å². The first-order chi connectivity index (χ1) is 7.68. The van der Waals surface area contributed by atoms with Gasteiger partial charge in [0.25, 0.3) is 0 Å². The molecule has 0 aliphatic carbocycles. The number of rotatable bonds is 5. The zero-order valence-electron chi connectivity index (χ0n) is 8.22. The predicted octanol–water partition coefficient (Wildman–Crippen LogP) is 1.94. The zero-order chi connectivity index (χ0) is 11.8. The quantitative estimate of drug-likeness (QED) is 0.450. The molecule has 0 amide bonds. The maximum absolute atomic E-state index is 11.0. The highest BCUT2D eigenvalue weighted by Crippen LogP contribution is 2.07. The van der Waals surface area contributed by atoms with Crippen LogP contribution in [0, 0.1) is 0 Å². The number of ether oxygens (including phenoxy) is 3. The van der Waals surface area contributed by atoms with Gasteiger partial charge in [0, 0.05) is 11.6 Å². The molecule has 1 rings (SSSR count). The van der Waals surface area contributed by atoms with Crippen molar-refractivity contribution in [1.82, 2.24) is 0 Å². The number of hydrogen-bond donors (Lipinski definition) is 0. The first-order valence-electron chi connectivity index (χ1n) is 4.34. The molecule has 0 atom stereocenters. The molecule has 5 nitrogen and oxygen atoms in total. The number of benzene rings is 1. The minimum absolute atomic E-state index is 0.260. The summed E-state index contributed by atoms with van der Waals surface area (Å²) < 4.78 is 13.8. The van der Waals surface area contributed by atoms with Gasteiger partial charge < -0.3 is 14.2 Å². The molecular weight excluding hydrogens is 236 g/mol. The monoisotopic (exact) mass is 244 g/mol. The second-order valence-electron chi connectivity index (χ2n) is 2.62. The van der Waals surface area contributed by atoms with Gasteiger partial charge in [-0.15, -0.1) is 0 Å². The summed E-state index contributed by atoms with van der Waals surface area (Å²) in [7, 11) is 0. The van der Waals surface area contributed by atoms with Gasteiger partial charge in [-0.3, -0.25) is 0 Å². The Labute approximate surface area is 96.9 Å². The van der Waals surface area contributed by atoms with E-state index in [0.717, 1.165) is 0 Å².